The highest BCUT2D eigenvalue weighted by atomic mass is 35.5. The molecule has 0 radical (unpaired) electrons. The van der Waals surface area contributed by atoms with Gasteiger partial charge in [0.1, 0.15) is 5.69 Å². The van der Waals surface area contributed by atoms with Gasteiger partial charge < -0.3 is 5.32 Å². The second-order valence-corrected chi connectivity index (χ2v) is 6.63. The largest absolute Gasteiger partial charge is 0.347 e. The average molecular weight is 373 g/mol. The van der Waals surface area contributed by atoms with E-state index in [0.717, 1.165) is 21.9 Å². The lowest BCUT2D eigenvalue weighted by Gasteiger charge is -2.11. The van der Waals surface area contributed by atoms with Gasteiger partial charge in [-0.25, -0.2) is 4.98 Å². The van der Waals surface area contributed by atoms with Crippen LogP contribution in [0.4, 0.5) is 0 Å². The Labute approximate surface area is 162 Å². The third kappa shape index (κ3) is 3.69. The molecule has 1 aromatic heterocycles. The fourth-order valence-electron chi connectivity index (χ4n) is 3.04. The molecule has 1 heterocycles. The zero-order valence-electron chi connectivity index (χ0n) is 14.5. The predicted molar refractivity (Wildman–Crippen MR) is 110 cm³/mol. The zero-order chi connectivity index (χ0) is 18.6. The molecule has 0 unspecified atom stereocenters. The Balaban J connectivity index is 1.73. The minimum atomic E-state index is -0.210. The average Bonchev–Trinajstić information content (AvgIpc) is 2.72. The first-order valence-electron chi connectivity index (χ1n) is 8.69. The molecule has 0 aliphatic carbocycles. The van der Waals surface area contributed by atoms with Crippen LogP contribution in [0, 0.1) is 0 Å². The highest BCUT2D eigenvalue weighted by molar-refractivity contribution is 6.33. The summed E-state index contributed by atoms with van der Waals surface area (Å²) < 4.78 is 0. The molecule has 0 bridgehead atoms. The number of pyridine rings is 1. The number of carbonyl (C=O) groups excluding carboxylic acids is 1. The van der Waals surface area contributed by atoms with Crippen molar-refractivity contribution >= 4 is 28.3 Å². The van der Waals surface area contributed by atoms with Gasteiger partial charge in [-0.15, -0.1) is 0 Å². The van der Waals surface area contributed by atoms with E-state index in [1.165, 1.54) is 0 Å². The van der Waals surface area contributed by atoms with Gasteiger partial charge in [0.15, 0.2) is 0 Å². The fourth-order valence-corrected chi connectivity index (χ4v) is 3.27. The molecule has 0 saturated carbocycles. The number of nitrogens with zero attached hydrogens (tertiary/aromatic N) is 1. The van der Waals surface area contributed by atoms with Gasteiger partial charge >= 0.3 is 0 Å². The van der Waals surface area contributed by atoms with Crippen molar-refractivity contribution in [1.82, 2.24) is 10.3 Å². The van der Waals surface area contributed by atoms with Gasteiger partial charge in [0.2, 0.25) is 0 Å². The second-order valence-electron chi connectivity index (χ2n) is 6.23. The number of benzene rings is 3. The molecule has 0 aliphatic rings. The first kappa shape index (κ1) is 17.3. The molecule has 3 nitrogen and oxygen atoms in total. The molecule has 0 fully saturated rings. The van der Waals surface area contributed by atoms with E-state index in [1.807, 2.05) is 84.9 Å². The predicted octanol–water partition coefficient (Wildman–Crippen LogP) is 5.49. The fraction of sp³-hybridized carbons (Fsp3) is 0.0435. The van der Waals surface area contributed by atoms with Crippen LogP contribution in [0.3, 0.4) is 0 Å². The highest BCUT2D eigenvalue weighted by Gasteiger charge is 2.15. The standard InChI is InChI=1S/C23H17ClN2O/c24-20-13-7-6-12-19(20)22-18-11-5-4-10-17(18)14-21(26-22)23(27)25-15-16-8-2-1-3-9-16/h1-14H,15H2,(H,25,27). The molecule has 0 atom stereocenters. The number of amides is 1. The Morgan fingerprint density at radius 3 is 2.41 bits per heavy atom. The maximum Gasteiger partial charge on any atom is 0.270 e. The van der Waals surface area contributed by atoms with E-state index < -0.39 is 0 Å². The lowest BCUT2D eigenvalue weighted by atomic mass is 10.0. The third-order valence-corrected chi connectivity index (χ3v) is 4.73. The van der Waals surface area contributed by atoms with E-state index in [2.05, 4.69) is 10.3 Å². The topological polar surface area (TPSA) is 42.0 Å². The number of aromatic nitrogens is 1. The van der Waals surface area contributed by atoms with Crippen LogP contribution in [0.25, 0.3) is 22.0 Å². The van der Waals surface area contributed by atoms with Crippen LogP contribution in [-0.4, -0.2) is 10.9 Å². The van der Waals surface area contributed by atoms with Crippen molar-refractivity contribution in [3.05, 3.63) is 101 Å². The molecule has 1 amide bonds. The van der Waals surface area contributed by atoms with E-state index >= 15 is 0 Å². The Hall–Kier alpha value is -3.17. The summed E-state index contributed by atoms with van der Waals surface area (Å²) in [7, 11) is 0. The Bertz CT molecular complexity index is 1110. The number of nitrogens with one attached hydrogen (secondary N) is 1. The van der Waals surface area contributed by atoms with Crippen LogP contribution in [-0.2, 0) is 6.54 Å². The monoisotopic (exact) mass is 372 g/mol. The van der Waals surface area contributed by atoms with Gasteiger partial charge in [0, 0.05) is 22.5 Å². The van der Waals surface area contributed by atoms with E-state index in [1.54, 1.807) is 0 Å². The first-order chi connectivity index (χ1) is 13.2. The van der Waals surface area contributed by atoms with Gasteiger partial charge in [-0.3, -0.25) is 4.79 Å². The first-order valence-corrected chi connectivity index (χ1v) is 9.07. The lowest BCUT2D eigenvalue weighted by molar-refractivity contribution is 0.0946. The van der Waals surface area contributed by atoms with Crippen molar-refractivity contribution in [1.29, 1.82) is 0 Å². The quantitative estimate of drug-likeness (QED) is 0.515. The SMILES string of the molecule is O=C(NCc1ccccc1)c1cc2ccccc2c(-c2ccccc2Cl)n1. The number of halogens is 1. The van der Waals surface area contributed by atoms with Gasteiger partial charge in [-0.1, -0.05) is 84.4 Å². The zero-order valence-corrected chi connectivity index (χ0v) is 15.3. The Morgan fingerprint density at radius 1 is 0.889 bits per heavy atom. The van der Waals surface area contributed by atoms with Gasteiger partial charge in [-0.05, 0) is 23.1 Å². The van der Waals surface area contributed by atoms with Crippen molar-refractivity contribution in [3.63, 3.8) is 0 Å². The van der Waals surface area contributed by atoms with Crippen LogP contribution in [0.2, 0.25) is 5.02 Å². The molecule has 4 heteroatoms. The van der Waals surface area contributed by atoms with Crippen LogP contribution >= 0.6 is 11.6 Å². The van der Waals surface area contributed by atoms with E-state index in [4.69, 9.17) is 11.6 Å². The summed E-state index contributed by atoms with van der Waals surface area (Å²) in [5.41, 5.74) is 2.94. The van der Waals surface area contributed by atoms with Crippen LogP contribution in [0.15, 0.2) is 84.9 Å². The number of hydrogen-bond acceptors (Lipinski definition) is 2. The molecular weight excluding hydrogens is 356 g/mol. The smallest absolute Gasteiger partial charge is 0.270 e. The summed E-state index contributed by atoms with van der Waals surface area (Å²) in [6.07, 6.45) is 0. The molecule has 132 valence electrons. The molecule has 0 spiro atoms. The number of carbonyl (C=O) groups is 1. The van der Waals surface area contributed by atoms with Crippen molar-refractivity contribution in [3.8, 4) is 11.3 Å². The number of rotatable bonds is 4. The van der Waals surface area contributed by atoms with Crippen molar-refractivity contribution < 1.29 is 4.79 Å². The Kier molecular flexibility index (Phi) is 4.86. The van der Waals surface area contributed by atoms with Gasteiger partial charge in [-0.2, -0.15) is 0 Å². The van der Waals surface area contributed by atoms with E-state index in [0.29, 0.717) is 23.0 Å². The minimum Gasteiger partial charge on any atom is -0.347 e. The molecule has 3 aromatic carbocycles. The summed E-state index contributed by atoms with van der Waals surface area (Å²) >= 11 is 6.39. The molecule has 0 aliphatic heterocycles. The van der Waals surface area contributed by atoms with Crippen molar-refractivity contribution in [2.45, 2.75) is 6.54 Å². The third-order valence-electron chi connectivity index (χ3n) is 4.40. The highest BCUT2D eigenvalue weighted by Crippen LogP contribution is 2.32. The van der Waals surface area contributed by atoms with Crippen LogP contribution < -0.4 is 5.32 Å². The van der Waals surface area contributed by atoms with Gasteiger partial charge in [0.25, 0.3) is 5.91 Å². The lowest BCUT2D eigenvalue weighted by Crippen LogP contribution is -2.24. The maximum atomic E-state index is 12.7. The summed E-state index contributed by atoms with van der Waals surface area (Å²) in [5.74, 6) is -0.210. The van der Waals surface area contributed by atoms with E-state index in [9.17, 15) is 4.79 Å². The molecular formula is C23H17ClN2O. The number of hydrogen-bond donors (Lipinski definition) is 1. The molecule has 0 saturated heterocycles. The minimum absolute atomic E-state index is 0.210. The van der Waals surface area contributed by atoms with E-state index in [-0.39, 0.29) is 5.91 Å². The Morgan fingerprint density at radius 2 is 1.59 bits per heavy atom. The van der Waals surface area contributed by atoms with Crippen LogP contribution in [0.5, 0.6) is 0 Å². The van der Waals surface area contributed by atoms with Crippen molar-refractivity contribution in [2.24, 2.45) is 0 Å². The number of fused-ring (bicyclic) bond motifs is 1. The summed E-state index contributed by atoms with van der Waals surface area (Å²) in [6.45, 7) is 0.454. The second kappa shape index (κ2) is 7.60. The van der Waals surface area contributed by atoms with Gasteiger partial charge in [0.05, 0.1) is 5.69 Å². The van der Waals surface area contributed by atoms with Crippen LogP contribution in [0.1, 0.15) is 16.1 Å². The maximum absolute atomic E-state index is 12.7. The van der Waals surface area contributed by atoms with Crippen molar-refractivity contribution in [2.75, 3.05) is 0 Å². The molecule has 1 N–H and O–H groups in total. The molecule has 27 heavy (non-hydrogen) atoms. The molecule has 4 aromatic rings. The summed E-state index contributed by atoms with van der Waals surface area (Å²) in [4.78, 5) is 17.4. The molecule has 4 rings (SSSR count). The summed E-state index contributed by atoms with van der Waals surface area (Å²) in [5, 5.41) is 5.46. The normalized spacial score (nSPS) is 10.7. The summed E-state index contributed by atoms with van der Waals surface area (Å²) in [6, 6.07) is 27.0.